The average molecular weight is 575 g/mol. The van der Waals surface area contributed by atoms with E-state index < -0.39 is 0 Å². The van der Waals surface area contributed by atoms with Crippen LogP contribution in [-0.4, -0.2) is 18.7 Å². The number of benzene rings is 2. The molecule has 1 aliphatic rings. The van der Waals surface area contributed by atoms with Crippen molar-refractivity contribution in [1.29, 1.82) is 0 Å². The molecule has 0 bridgehead atoms. The van der Waals surface area contributed by atoms with Gasteiger partial charge in [0.1, 0.15) is 0 Å². The second-order valence-corrected chi connectivity index (χ2v) is 10.2. The minimum absolute atomic E-state index is 0.291. The number of nitrogens with one attached hydrogen (secondary N) is 1. The summed E-state index contributed by atoms with van der Waals surface area (Å²) >= 11 is 6.06. The Morgan fingerprint density at radius 2 is 1.50 bits per heavy atom. The number of allylic oxidation sites excluding steroid dienone is 1. The van der Waals surface area contributed by atoms with Crippen molar-refractivity contribution in [1.82, 2.24) is 5.32 Å². The highest BCUT2D eigenvalue weighted by atomic mass is 35.5. The Hall–Kier alpha value is -2.00. The van der Waals surface area contributed by atoms with Crippen molar-refractivity contribution < 1.29 is 4.74 Å². The van der Waals surface area contributed by atoms with E-state index in [1.165, 1.54) is 53.3 Å². The molecule has 4 heteroatoms. The van der Waals surface area contributed by atoms with Crippen LogP contribution in [0.1, 0.15) is 127 Å². The van der Waals surface area contributed by atoms with Gasteiger partial charge in [0.15, 0.2) is 0 Å². The first-order valence-electron chi connectivity index (χ1n) is 16.2. The molecule has 230 valence electrons. The summed E-state index contributed by atoms with van der Waals surface area (Å²) in [5.41, 5.74) is 4.05. The maximum atomic E-state index is 6.06. The van der Waals surface area contributed by atoms with E-state index in [0.717, 1.165) is 30.5 Å². The monoisotopic (exact) mass is 574 g/mol. The van der Waals surface area contributed by atoms with Gasteiger partial charge in [-0.2, -0.15) is 0 Å². The second kappa shape index (κ2) is 24.8. The number of hydrogen-bond donors (Lipinski definition) is 1. The number of hydrogen-bond acceptors (Lipinski definition) is 3. The molecule has 2 aromatic carbocycles. The van der Waals surface area contributed by atoms with Crippen molar-refractivity contribution >= 4 is 28.4 Å². The van der Waals surface area contributed by atoms with Gasteiger partial charge in [-0.15, -0.1) is 0 Å². The minimum Gasteiger partial charge on any atom is -0.465 e. The lowest BCUT2D eigenvalue weighted by atomic mass is 9.92. The summed E-state index contributed by atoms with van der Waals surface area (Å²) in [7, 11) is 0. The maximum Gasteiger partial charge on any atom is 0.289 e. The fourth-order valence-electron chi connectivity index (χ4n) is 4.46. The average Bonchev–Trinajstić information content (AvgIpc) is 2.99. The lowest BCUT2D eigenvalue weighted by Gasteiger charge is -2.30. The number of rotatable bonds is 9. The molecule has 0 amide bonds. The molecule has 3 nitrogen and oxygen atoms in total. The topological polar surface area (TPSA) is 33.6 Å². The summed E-state index contributed by atoms with van der Waals surface area (Å²) in [6, 6.07) is 13.2. The van der Waals surface area contributed by atoms with Crippen molar-refractivity contribution in [3.63, 3.8) is 0 Å². The molecule has 1 aliphatic heterocycles. The van der Waals surface area contributed by atoms with E-state index in [1.54, 1.807) is 0 Å². The van der Waals surface area contributed by atoms with Crippen LogP contribution in [0.4, 0.5) is 0 Å². The van der Waals surface area contributed by atoms with Gasteiger partial charge in [0, 0.05) is 16.1 Å². The third-order valence-electron chi connectivity index (χ3n) is 6.36. The van der Waals surface area contributed by atoms with Gasteiger partial charge in [-0.25, -0.2) is 4.99 Å². The SMILES string of the molecule is CC.CC.CC.CCCCC(C)COC1=NC(CC)C(CCC)=C(C(C)C)N1.Cc1cccc2cccc(Cl)c12. The van der Waals surface area contributed by atoms with E-state index in [9.17, 15) is 0 Å². The predicted octanol–water partition coefficient (Wildman–Crippen LogP) is 12.2. The van der Waals surface area contributed by atoms with Gasteiger partial charge in [-0.1, -0.05) is 144 Å². The van der Waals surface area contributed by atoms with Gasteiger partial charge in [0.05, 0.1) is 12.6 Å². The minimum atomic E-state index is 0.291. The van der Waals surface area contributed by atoms with Crippen LogP contribution in [0, 0.1) is 18.8 Å². The summed E-state index contributed by atoms with van der Waals surface area (Å²) in [5.74, 6) is 1.08. The Balaban J connectivity index is 0. The van der Waals surface area contributed by atoms with Gasteiger partial charge in [-0.05, 0) is 60.6 Å². The van der Waals surface area contributed by atoms with E-state index >= 15 is 0 Å². The molecule has 2 unspecified atom stereocenters. The first-order chi connectivity index (χ1) is 19.3. The van der Waals surface area contributed by atoms with Gasteiger partial charge in [-0.3, -0.25) is 0 Å². The van der Waals surface area contributed by atoms with Crippen LogP contribution in [0.25, 0.3) is 10.8 Å². The summed E-state index contributed by atoms with van der Waals surface area (Å²) < 4.78 is 5.99. The van der Waals surface area contributed by atoms with Crippen LogP contribution in [-0.2, 0) is 4.74 Å². The fraction of sp³-hybridized carbons (Fsp3) is 0.639. The molecule has 0 saturated heterocycles. The fourth-order valence-corrected chi connectivity index (χ4v) is 4.79. The highest BCUT2D eigenvalue weighted by Crippen LogP contribution is 2.27. The van der Waals surface area contributed by atoms with Crippen molar-refractivity contribution in [2.75, 3.05) is 6.61 Å². The third-order valence-corrected chi connectivity index (χ3v) is 6.68. The predicted molar refractivity (Wildman–Crippen MR) is 184 cm³/mol. The smallest absolute Gasteiger partial charge is 0.289 e. The molecule has 0 aliphatic carbocycles. The van der Waals surface area contributed by atoms with Crippen molar-refractivity contribution in [2.24, 2.45) is 16.8 Å². The number of fused-ring (bicyclic) bond motifs is 1. The van der Waals surface area contributed by atoms with Crippen LogP contribution in [0.2, 0.25) is 5.02 Å². The zero-order chi connectivity index (χ0) is 31.1. The molecule has 40 heavy (non-hydrogen) atoms. The number of amidine groups is 1. The molecule has 0 spiro atoms. The Morgan fingerprint density at radius 3 is 2.00 bits per heavy atom. The van der Waals surface area contributed by atoms with Crippen LogP contribution < -0.4 is 5.32 Å². The normalized spacial score (nSPS) is 14.6. The summed E-state index contributed by atoms with van der Waals surface area (Å²) in [5, 5.41) is 6.69. The number of aryl methyl sites for hydroxylation is 1. The highest BCUT2D eigenvalue weighted by molar-refractivity contribution is 6.35. The molecule has 0 radical (unpaired) electrons. The standard InChI is InChI=1S/C19H36N2O.C11H9Cl.3C2H6/c1-7-10-12-15(6)13-22-19-20-17(9-3)16(11-8-2)18(21-19)14(4)5;1-8-4-2-5-9-6-3-7-10(12)11(8)9;3*1-2/h14-15,17H,7-13H2,1-6H3,(H,20,21);2-7H,1H3;3*1-2H3. The van der Waals surface area contributed by atoms with Gasteiger partial charge in [0.2, 0.25) is 0 Å². The van der Waals surface area contributed by atoms with Crippen LogP contribution >= 0.6 is 11.6 Å². The zero-order valence-electron chi connectivity index (χ0n) is 28.4. The molecule has 1 heterocycles. The Bertz CT molecular complexity index is 928. The van der Waals surface area contributed by atoms with Gasteiger partial charge in [0.25, 0.3) is 6.02 Å². The molecule has 0 fully saturated rings. The number of halogens is 1. The lowest BCUT2D eigenvalue weighted by Crippen LogP contribution is -2.37. The van der Waals surface area contributed by atoms with E-state index in [0.29, 0.717) is 17.9 Å². The summed E-state index contributed by atoms with van der Waals surface area (Å²) in [4.78, 5) is 4.81. The first-order valence-corrected chi connectivity index (χ1v) is 16.5. The zero-order valence-corrected chi connectivity index (χ0v) is 29.1. The molecular weight excluding hydrogens is 512 g/mol. The van der Waals surface area contributed by atoms with Gasteiger partial charge < -0.3 is 10.1 Å². The number of nitrogens with zero attached hydrogens (tertiary/aromatic N) is 1. The van der Waals surface area contributed by atoms with Crippen molar-refractivity contribution in [2.45, 2.75) is 135 Å². The second-order valence-electron chi connectivity index (χ2n) is 9.80. The largest absolute Gasteiger partial charge is 0.465 e. The first kappa shape index (κ1) is 40.1. The molecule has 0 aromatic heterocycles. The number of aliphatic imine (C=N–C) groups is 1. The van der Waals surface area contributed by atoms with Crippen LogP contribution in [0.3, 0.4) is 0 Å². The molecular formula is C36H63ClN2O. The summed E-state index contributed by atoms with van der Waals surface area (Å²) in [6.45, 7) is 28.3. The number of unbranched alkanes of at least 4 members (excludes halogenated alkanes) is 1. The van der Waals surface area contributed by atoms with Crippen LogP contribution in [0.5, 0.6) is 0 Å². The van der Waals surface area contributed by atoms with Crippen molar-refractivity contribution in [3.05, 3.63) is 58.3 Å². The third kappa shape index (κ3) is 14.1. The Morgan fingerprint density at radius 1 is 0.900 bits per heavy atom. The molecule has 1 N–H and O–H groups in total. The van der Waals surface area contributed by atoms with Crippen LogP contribution in [0.15, 0.2) is 52.7 Å². The Labute approximate surface area is 254 Å². The summed E-state index contributed by atoms with van der Waals surface area (Å²) in [6.07, 6.45) is 7.11. The van der Waals surface area contributed by atoms with E-state index in [2.05, 4.69) is 72.0 Å². The maximum absolute atomic E-state index is 6.06. The van der Waals surface area contributed by atoms with E-state index in [1.807, 2.05) is 59.7 Å². The molecule has 0 saturated carbocycles. The molecule has 3 rings (SSSR count). The Kier molecular flexibility index (Phi) is 24.9. The molecule has 2 atom stereocenters. The quantitative estimate of drug-likeness (QED) is 0.323. The van der Waals surface area contributed by atoms with E-state index in [4.69, 9.17) is 21.3 Å². The van der Waals surface area contributed by atoms with Crippen molar-refractivity contribution in [3.8, 4) is 0 Å². The van der Waals surface area contributed by atoms with Gasteiger partial charge >= 0.3 is 0 Å². The van der Waals surface area contributed by atoms with E-state index in [-0.39, 0.29) is 0 Å². The molecule has 2 aromatic rings. The number of ether oxygens (including phenoxy) is 1. The highest BCUT2D eigenvalue weighted by Gasteiger charge is 2.25. The lowest BCUT2D eigenvalue weighted by molar-refractivity contribution is 0.225.